The van der Waals surface area contributed by atoms with Crippen molar-refractivity contribution in [2.24, 2.45) is 0 Å². The van der Waals surface area contributed by atoms with E-state index in [4.69, 9.17) is 4.74 Å². The van der Waals surface area contributed by atoms with Gasteiger partial charge in [0.25, 0.3) is 15.9 Å². The van der Waals surface area contributed by atoms with E-state index in [2.05, 4.69) is 15.4 Å². The quantitative estimate of drug-likeness (QED) is 0.541. The lowest BCUT2D eigenvalue weighted by atomic mass is 10.2. The highest BCUT2D eigenvalue weighted by Crippen LogP contribution is 2.20. The molecule has 2 aromatic rings. The Bertz CT molecular complexity index is 759. The summed E-state index contributed by atoms with van der Waals surface area (Å²) in [5.41, 5.74) is 0.877. The van der Waals surface area contributed by atoms with Gasteiger partial charge in [-0.2, -0.15) is 0 Å². The minimum atomic E-state index is -3.58. The molecule has 0 aliphatic heterocycles. The summed E-state index contributed by atoms with van der Waals surface area (Å²) in [7, 11) is -1.95. The van der Waals surface area contributed by atoms with E-state index in [1.165, 1.54) is 6.07 Å². The molecule has 0 spiro atoms. The number of hydrogen-bond acceptors (Lipinski definition) is 6. The topological polar surface area (TPSA) is 96.5 Å². The van der Waals surface area contributed by atoms with E-state index in [1.807, 2.05) is 0 Å². The number of hydrogen-bond donors (Lipinski definition) is 3. The third-order valence-electron chi connectivity index (χ3n) is 3.23. The van der Waals surface area contributed by atoms with Gasteiger partial charge in [-0.3, -0.25) is 9.52 Å². The van der Waals surface area contributed by atoms with Crippen molar-refractivity contribution in [2.45, 2.75) is 4.21 Å². The van der Waals surface area contributed by atoms with Gasteiger partial charge < -0.3 is 15.4 Å². The number of ether oxygens (including phenoxy) is 1. The first kappa shape index (κ1) is 19.4. The summed E-state index contributed by atoms with van der Waals surface area (Å²) in [5, 5.41) is 7.61. The molecule has 0 radical (unpaired) electrons. The van der Waals surface area contributed by atoms with Gasteiger partial charge in [-0.15, -0.1) is 11.3 Å². The van der Waals surface area contributed by atoms with Crippen LogP contribution >= 0.6 is 11.3 Å². The van der Waals surface area contributed by atoms with Crippen LogP contribution in [0, 0.1) is 0 Å². The molecule has 0 fully saturated rings. The van der Waals surface area contributed by atoms with E-state index >= 15 is 0 Å². The monoisotopic (exact) mass is 383 g/mol. The third kappa shape index (κ3) is 6.13. The first-order valence-corrected chi connectivity index (χ1v) is 10.0. The van der Waals surface area contributed by atoms with Crippen LogP contribution in [0.3, 0.4) is 0 Å². The van der Waals surface area contributed by atoms with Gasteiger partial charge in [0.15, 0.2) is 0 Å². The fourth-order valence-corrected chi connectivity index (χ4v) is 4.03. The molecule has 1 aromatic carbocycles. The molecule has 7 nitrogen and oxygen atoms in total. The number of carbonyl (C=O) groups excluding carboxylic acids is 1. The highest BCUT2D eigenvalue weighted by molar-refractivity contribution is 7.94. The summed E-state index contributed by atoms with van der Waals surface area (Å²) in [6, 6.07) is 9.51. The van der Waals surface area contributed by atoms with Crippen molar-refractivity contribution < 1.29 is 17.9 Å². The Hall–Kier alpha value is -1.94. The summed E-state index contributed by atoms with van der Waals surface area (Å²) >= 11 is 1.14. The predicted molar refractivity (Wildman–Crippen MR) is 98.6 cm³/mol. The number of rotatable bonds is 10. The maximum Gasteiger partial charge on any atom is 0.271 e. The van der Waals surface area contributed by atoms with Crippen molar-refractivity contribution in [1.29, 1.82) is 0 Å². The van der Waals surface area contributed by atoms with E-state index in [0.717, 1.165) is 17.9 Å². The molecule has 0 bridgehead atoms. The zero-order valence-corrected chi connectivity index (χ0v) is 15.5. The molecular weight excluding hydrogens is 362 g/mol. The van der Waals surface area contributed by atoms with Crippen LogP contribution in [-0.2, 0) is 14.8 Å². The lowest BCUT2D eigenvalue weighted by molar-refractivity contribution is 0.0953. The first-order valence-electron chi connectivity index (χ1n) is 7.67. The maximum atomic E-state index is 12.1. The van der Waals surface area contributed by atoms with Crippen molar-refractivity contribution in [3.05, 3.63) is 47.3 Å². The fraction of sp³-hybridized carbons (Fsp3) is 0.312. The molecule has 0 unspecified atom stereocenters. The number of anilines is 1. The lowest BCUT2D eigenvalue weighted by Crippen LogP contribution is -2.33. The van der Waals surface area contributed by atoms with Crippen molar-refractivity contribution in [2.75, 3.05) is 38.1 Å². The van der Waals surface area contributed by atoms with Gasteiger partial charge >= 0.3 is 0 Å². The zero-order chi connectivity index (χ0) is 18.1. The Morgan fingerprint density at radius 2 is 1.88 bits per heavy atom. The molecule has 0 saturated heterocycles. The highest BCUT2D eigenvalue weighted by atomic mass is 32.2. The summed E-state index contributed by atoms with van der Waals surface area (Å²) in [6.07, 6.45) is 0. The van der Waals surface area contributed by atoms with Crippen LogP contribution in [0.2, 0.25) is 0 Å². The molecule has 136 valence electrons. The molecule has 2 rings (SSSR count). The van der Waals surface area contributed by atoms with Gasteiger partial charge in [0.2, 0.25) is 0 Å². The van der Waals surface area contributed by atoms with Crippen molar-refractivity contribution in [3.63, 3.8) is 0 Å². The minimum Gasteiger partial charge on any atom is -0.383 e. The molecule has 9 heteroatoms. The molecule has 0 saturated carbocycles. The second kappa shape index (κ2) is 9.52. The highest BCUT2D eigenvalue weighted by Gasteiger charge is 2.15. The molecule has 1 aromatic heterocycles. The molecule has 3 N–H and O–H groups in total. The van der Waals surface area contributed by atoms with Crippen LogP contribution in [0.1, 0.15) is 10.4 Å². The number of carbonyl (C=O) groups is 1. The molecule has 0 atom stereocenters. The summed E-state index contributed by atoms with van der Waals surface area (Å²) in [5.74, 6) is -0.207. The van der Waals surface area contributed by atoms with Crippen LogP contribution in [0.15, 0.2) is 46.0 Å². The molecular formula is C16H21N3O4S2. The van der Waals surface area contributed by atoms with Crippen molar-refractivity contribution in [1.82, 2.24) is 10.6 Å². The Kier molecular flexibility index (Phi) is 7.38. The van der Waals surface area contributed by atoms with Crippen LogP contribution in [0.5, 0.6) is 0 Å². The SMILES string of the molecule is COCCNCCNC(=O)c1ccc(NS(=O)(=O)c2cccs2)cc1. The predicted octanol–water partition coefficient (Wildman–Crippen LogP) is 1.51. The molecule has 0 aliphatic carbocycles. The Balaban J connectivity index is 1.84. The maximum absolute atomic E-state index is 12.1. The smallest absolute Gasteiger partial charge is 0.271 e. The van der Waals surface area contributed by atoms with Crippen molar-refractivity contribution in [3.8, 4) is 0 Å². The van der Waals surface area contributed by atoms with Crippen LogP contribution < -0.4 is 15.4 Å². The Labute approximate surface area is 151 Å². The second-order valence-corrected chi connectivity index (χ2v) is 7.97. The Morgan fingerprint density at radius 3 is 2.52 bits per heavy atom. The average molecular weight is 383 g/mol. The normalized spacial score (nSPS) is 11.2. The van der Waals surface area contributed by atoms with E-state index in [1.54, 1.807) is 42.8 Å². The summed E-state index contributed by atoms with van der Waals surface area (Å²) in [6.45, 7) is 2.49. The Morgan fingerprint density at radius 1 is 1.12 bits per heavy atom. The van der Waals surface area contributed by atoms with Gasteiger partial charge in [0.05, 0.1) is 6.61 Å². The number of sulfonamides is 1. The van der Waals surface area contributed by atoms with Crippen LogP contribution in [-0.4, -0.2) is 47.7 Å². The first-order chi connectivity index (χ1) is 12.0. The van der Waals surface area contributed by atoms with E-state index in [9.17, 15) is 13.2 Å². The third-order valence-corrected chi connectivity index (χ3v) is 6.01. The minimum absolute atomic E-state index is 0.207. The number of amides is 1. The van der Waals surface area contributed by atoms with Gasteiger partial charge in [-0.1, -0.05) is 6.07 Å². The molecule has 0 aliphatic rings. The average Bonchev–Trinajstić information content (AvgIpc) is 3.14. The largest absolute Gasteiger partial charge is 0.383 e. The van der Waals surface area contributed by atoms with Gasteiger partial charge in [0.1, 0.15) is 4.21 Å². The summed E-state index contributed by atoms with van der Waals surface area (Å²) in [4.78, 5) is 12.0. The molecule has 25 heavy (non-hydrogen) atoms. The number of benzene rings is 1. The number of nitrogens with one attached hydrogen (secondary N) is 3. The van der Waals surface area contributed by atoms with Gasteiger partial charge in [-0.05, 0) is 35.7 Å². The zero-order valence-electron chi connectivity index (χ0n) is 13.8. The molecule has 1 amide bonds. The molecule has 1 heterocycles. The number of thiophene rings is 1. The summed E-state index contributed by atoms with van der Waals surface area (Å²) < 4.78 is 31.9. The standard InChI is InChI=1S/C16H21N3O4S2/c1-23-11-10-17-8-9-18-16(20)13-4-6-14(7-5-13)19-25(21,22)15-3-2-12-24-15/h2-7,12,17,19H,8-11H2,1H3,(H,18,20). The second-order valence-electron chi connectivity index (χ2n) is 5.11. The van der Waals surface area contributed by atoms with E-state index in [0.29, 0.717) is 30.9 Å². The lowest BCUT2D eigenvalue weighted by Gasteiger charge is -2.08. The van der Waals surface area contributed by atoms with Crippen LogP contribution in [0.4, 0.5) is 5.69 Å². The van der Waals surface area contributed by atoms with Gasteiger partial charge in [0, 0.05) is 38.0 Å². The van der Waals surface area contributed by atoms with E-state index < -0.39 is 10.0 Å². The van der Waals surface area contributed by atoms with Crippen LogP contribution in [0.25, 0.3) is 0 Å². The van der Waals surface area contributed by atoms with Crippen molar-refractivity contribution >= 4 is 33.0 Å². The number of methoxy groups -OCH3 is 1. The fourth-order valence-electron chi connectivity index (χ4n) is 1.98. The van der Waals surface area contributed by atoms with Gasteiger partial charge in [-0.25, -0.2) is 8.42 Å². The van der Waals surface area contributed by atoms with E-state index in [-0.39, 0.29) is 10.1 Å².